The minimum Gasteiger partial charge on any atom is -0.476 e. The summed E-state index contributed by atoms with van der Waals surface area (Å²) in [6.07, 6.45) is 1.32. The van der Waals surface area contributed by atoms with Crippen LogP contribution in [-0.2, 0) is 0 Å². The van der Waals surface area contributed by atoms with Crippen molar-refractivity contribution in [1.82, 2.24) is 19.6 Å². The van der Waals surface area contributed by atoms with Crippen molar-refractivity contribution >= 4 is 17.6 Å². The molecule has 2 heterocycles. The summed E-state index contributed by atoms with van der Waals surface area (Å²) in [7, 11) is 0. The molecule has 8 heteroatoms. The fourth-order valence-corrected chi connectivity index (χ4v) is 3.21. The molecule has 1 aromatic carbocycles. The molecule has 0 aliphatic carbocycles. The van der Waals surface area contributed by atoms with Gasteiger partial charge in [-0.15, -0.1) is 5.10 Å². The predicted octanol–water partition coefficient (Wildman–Crippen LogP) is 3.22. The maximum absolute atomic E-state index is 12.7. The first-order chi connectivity index (χ1) is 12.8. The van der Waals surface area contributed by atoms with Gasteiger partial charge in [0.1, 0.15) is 0 Å². The van der Waals surface area contributed by atoms with Gasteiger partial charge in [0.15, 0.2) is 5.69 Å². The van der Waals surface area contributed by atoms with Crippen molar-refractivity contribution in [3.63, 3.8) is 0 Å². The van der Waals surface area contributed by atoms with Crippen molar-refractivity contribution in [2.75, 3.05) is 5.32 Å². The Labute approximate surface area is 156 Å². The molecule has 0 spiro atoms. The molecule has 2 N–H and O–H groups in total. The van der Waals surface area contributed by atoms with Crippen LogP contribution in [0.1, 0.15) is 52.1 Å². The van der Waals surface area contributed by atoms with E-state index in [1.54, 1.807) is 24.3 Å². The van der Waals surface area contributed by atoms with Crippen LogP contribution in [0.3, 0.4) is 0 Å². The molecule has 0 unspecified atom stereocenters. The number of nitrogens with zero attached hydrogens (tertiary/aromatic N) is 4. The summed E-state index contributed by atoms with van der Waals surface area (Å²) in [5.41, 5.74) is 3.61. The third-order valence-electron chi connectivity index (χ3n) is 4.33. The lowest BCUT2D eigenvalue weighted by atomic mass is 10.2. The molecule has 0 aliphatic rings. The monoisotopic (exact) mass is 367 g/mol. The van der Waals surface area contributed by atoms with Gasteiger partial charge in [0.05, 0.1) is 17.4 Å². The fraction of sp³-hybridized carbons (Fsp3) is 0.263. The van der Waals surface area contributed by atoms with Crippen LogP contribution in [0, 0.1) is 13.8 Å². The summed E-state index contributed by atoms with van der Waals surface area (Å²) >= 11 is 0. The van der Waals surface area contributed by atoms with Crippen molar-refractivity contribution in [1.29, 1.82) is 0 Å². The Balaban J connectivity index is 1.85. The molecule has 0 bridgehead atoms. The van der Waals surface area contributed by atoms with Crippen LogP contribution in [0.4, 0.5) is 5.69 Å². The number of amides is 1. The molecule has 140 valence electrons. The molecule has 0 atom stereocenters. The van der Waals surface area contributed by atoms with Crippen LogP contribution in [0.2, 0.25) is 0 Å². The standard InChI is InChI=1S/C19H21N5O3/c1-11(2)24-12(3)8-16(13(24)4)18(25)20-14-6-5-7-15(9-14)23-10-17(19(26)27)21-22-23/h5-11H,1-4H3,(H,20,25)(H,26,27). The topological polar surface area (TPSA) is 102 Å². The second-order valence-electron chi connectivity index (χ2n) is 6.61. The highest BCUT2D eigenvalue weighted by molar-refractivity contribution is 6.05. The van der Waals surface area contributed by atoms with Crippen molar-refractivity contribution < 1.29 is 14.7 Å². The van der Waals surface area contributed by atoms with Gasteiger partial charge in [0.2, 0.25) is 0 Å². The molecule has 0 saturated heterocycles. The van der Waals surface area contributed by atoms with Gasteiger partial charge in [0, 0.05) is 23.1 Å². The van der Waals surface area contributed by atoms with E-state index in [0.717, 1.165) is 11.4 Å². The molecule has 27 heavy (non-hydrogen) atoms. The Kier molecular flexibility index (Phi) is 4.81. The Hall–Kier alpha value is -3.42. The number of benzene rings is 1. The van der Waals surface area contributed by atoms with Gasteiger partial charge in [0.25, 0.3) is 5.91 Å². The third-order valence-corrected chi connectivity index (χ3v) is 4.33. The van der Waals surface area contributed by atoms with Crippen LogP contribution in [0.15, 0.2) is 36.5 Å². The van der Waals surface area contributed by atoms with Gasteiger partial charge in [-0.2, -0.15) is 0 Å². The first kappa shape index (κ1) is 18.4. The molecule has 2 aromatic heterocycles. The van der Waals surface area contributed by atoms with Gasteiger partial charge in [-0.05, 0) is 52.0 Å². The number of carboxylic acids is 1. The molecular formula is C19H21N5O3. The van der Waals surface area contributed by atoms with Crippen molar-refractivity contribution in [3.05, 3.63) is 59.2 Å². The summed E-state index contributed by atoms with van der Waals surface area (Å²) in [6, 6.07) is 9.12. The zero-order chi connectivity index (χ0) is 19.7. The lowest BCUT2D eigenvalue weighted by Gasteiger charge is -2.13. The number of carbonyl (C=O) groups excluding carboxylic acids is 1. The summed E-state index contributed by atoms with van der Waals surface area (Å²) in [4.78, 5) is 23.7. The van der Waals surface area contributed by atoms with Gasteiger partial charge in [-0.3, -0.25) is 4.79 Å². The average Bonchev–Trinajstić information content (AvgIpc) is 3.20. The van der Waals surface area contributed by atoms with Crippen molar-refractivity contribution in [2.45, 2.75) is 33.7 Å². The van der Waals surface area contributed by atoms with Gasteiger partial charge in [-0.1, -0.05) is 11.3 Å². The molecular weight excluding hydrogens is 346 g/mol. The van der Waals surface area contributed by atoms with E-state index >= 15 is 0 Å². The van der Waals surface area contributed by atoms with Crippen LogP contribution in [-0.4, -0.2) is 36.5 Å². The number of hydrogen-bond donors (Lipinski definition) is 2. The Morgan fingerprint density at radius 2 is 1.93 bits per heavy atom. The third kappa shape index (κ3) is 3.59. The Bertz CT molecular complexity index is 1020. The molecule has 0 fully saturated rings. The van der Waals surface area contributed by atoms with Crippen LogP contribution in [0.5, 0.6) is 0 Å². The lowest BCUT2D eigenvalue weighted by molar-refractivity contribution is 0.0690. The number of anilines is 1. The largest absolute Gasteiger partial charge is 0.476 e. The van der Waals surface area contributed by atoms with E-state index in [2.05, 4.69) is 34.0 Å². The molecule has 0 radical (unpaired) electrons. The smallest absolute Gasteiger partial charge is 0.358 e. The summed E-state index contributed by atoms with van der Waals surface area (Å²) in [5, 5.41) is 19.2. The highest BCUT2D eigenvalue weighted by atomic mass is 16.4. The number of aryl methyl sites for hydroxylation is 1. The fourth-order valence-electron chi connectivity index (χ4n) is 3.21. The maximum atomic E-state index is 12.7. The minimum absolute atomic E-state index is 0.148. The summed E-state index contributed by atoms with van der Waals surface area (Å²) in [5.74, 6) is -1.34. The molecule has 0 saturated carbocycles. The first-order valence-electron chi connectivity index (χ1n) is 8.53. The lowest BCUT2D eigenvalue weighted by Crippen LogP contribution is -2.14. The minimum atomic E-state index is -1.15. The summed E-state index contributed by atoms with van der Waals surface area (Å²) < 4.78 is 3.47. The number of nitrogens with one attached hydrogen (secondary N) is 1. The van der Waals surface area contributed by atoms with E-state index < -0.39 is 5.97 Å². The molecule has 3 aromatic rings. The number of hydrogen-bond acceptors (Lipinski definition) is 4. The number of carboxylic acid groups (broad SMARTS) is 1. The maximum Gasteiger partial charge on any atom is 0.358 e. The number of aromatic nitrogens is 4. The number of rotatable bonds is 5. The highest BCUT2D eigenvalue weighted by Gasteiger charge is 2.17. The van der Waals surface area contributed by atoms with E-state index in [9.17, 15) is 9.59 Å². The Morgan fingerprint density at radius 3 is 2.52 bits per heavy atom. The predicted molar refractivity (Wildman–Crippen MR) is 101 cm³/mol. The second kappa shape index (κ2) is 7.06. The van der Waals surface area contributed by atoms with Gasteiger partial charge >= 0.3 is 5.97 Å². The van der Waals surface area contributed by atoms with Gasteiger partial charge in [-0.25, -0.2) is 9.48 Å². The average molecular weight is 367 g/mol. The van der Waals surface area contributed by atoms with Crippen molar-refractivity contribution in [3.8, 4) is 5.69 Å². The second-order valence-corrected chi connectivity index (χ2v) is 6.61. The zero-order valence-electron chi connectivity index (χ0n) is 15.6. The van der Waals surface area contributed by atoms with Crippen LogP contribution in [0.25, 0.3) is 5.69 Å². The van der Waals surface area contributed by atoms with E-state index in [1.807, 2.05) is 19.9 Å². The molecule has 0 aliphatic heterocycles. The van der Waals surface area contributed by atoms with E-state index in [-0.39, 0.29) is 17.6 Å². The number of carbonyl (C=O) groups is 2. The van der Waals surface area contributed by atoms with E-state index in [0.29, 0.717) is 16.9 Å². The molecule has 1 amide bonds. The van der Waals surface area contributed by atoms with E-state index in [1.165, 1.54) is 10.9 Å². The zero-order valence-corrected chi connectivity index (χ0v) is 15.6. The molecule has 3 rings (SSSR count). The highest BCUT2D eigenvalue weighted by Crippen LogP contribution is 2.22. The quantitative estimate of drug-likeness (QED) is 0.721. The van der Waals surface area contributed by atoms with E-state index in [4.69, 9.17) is 5.11 Å². The normalized spacial score (nSPS) is 11.0. The molecule has 8 nitrogen and oxygen atoms in total. The number of aromatic carboxylic acids is 1. The summed E-state index contributed by atoms with van der Waals surface area (Å²) in [6.45, 7) is 8.07. The van der Waals surface area contributed by atoms with Crippen LogP contribution >= 0.6 is 0 Å². The van der Waals surface area contributed by atoms with Crippen LogP contribution < -0.4 is 5.32 Å². The van der Waals surface area contributed by atoms with Gasteiger partial charge < -0.3 is 15.0 Å². The first-order valence-corrected chi connectivity index (χ1v) is 8.53. The SMILES string of the molecule is Cc1cc(C(=O)Nc2cccc(-n3cc(C(=O)O)nn3)c2)c(C)n1C(C)C. The van der Waals surface area contributed by atoms with Crippen molar-refractivity contribution in [2.24, 2.45) is 0 Å². The Morgan fingerprint density at radius 1 is 1.19 bits per heavy atom.